The highest BCUT2D eigenvalue weighted by Crippen LogP contribution is 2.45. The highest BCUT2D eigenvalue weighted by molar-refractivity contribution is 6.09. The van der Waals surface area contributed by atoms with E-state index in [0.717, 1.165) is 78.2 Å². The van der Waals surface area contributed by atoms with Gasteiger partial charge in [-0.1, -0.05) is 257 Å². The zero-order valence-corrected chi connectivity index (χ0v) is 52.6. The zero-order valence-electron chi connectivity index (χ0n) is 52.6. The molecule has 0 N–H and O–H groups in total. The van der Waals surface area contributed by atoms with Gasteiger partial charge < -0.3 is 4.74 Å². The molecule has 0 unspecified atom stereocenters. The molecule has 0 aliphatic carbocycles. The van der Waals surface area contributed by atoms with Gasteiger partial charge in [0.1, 0.15) is 17.3 Å². The largest absolute Gasteiger partial charge is 0.458 e. The Balaban J connectivity index is 1.15. The number of ether oxygens (including phenoxy) is 1. The fourth-order valence-electron chi connectivity index (χ4n) is 11.5. The molecule has 0 bridgehead atoms. The lowest BCUT2D eigenvalue weighted by atomic mass is 9.78. The number of hydrogen-bond acceptors (Lipinski definition) is 3. The van der Waals surface area contributed by atoms with Crippen molar-refractivity contribution >= 4 is 21.8 Å². The van der Waals surface area contributed by atoms with Crippen molar-refractivity contribution in [1.29, 1.82) is 0 Å². The van der Waals surface area contributed by atoms with E-state index < -0.39 is 0 Å². The highest BCUT2D eigenvalue weighted by atomic mass is 16.5. The van der Waals surface area contributed by atoms with E-state index in [1.54, 1.807) is 0 Å². The summed E-state index contributed by atoms with van der Waals surface area (Å²) in [6.07, 6.45) is 5.86. The van der Waals surface area contributed by atoms with Crippen LogP contribution in [-0.2, 0) is 32.5 Å². The molecule has 426 valence electrons. The lowest BCUT2D eigenvalue weighted by Crippen LogP contribution is -2.34. The minimum absolute atomic E-state index is 0.0993. The van der Waals surface area contributed by atoms with Gasteiger partial charge in [0.2, 0.25) is 0 Å². The number of benzene rings is 8. The van der Waals surface area contributed by atoms with E-state index in [1.807, 2.05) is 10.9 Å². The number of fused-ring (bicyclic) bond motifs is 3. The van der Waals surface area contributed by atoms with Gasteiger partial charge in [0.15, 0.2) is 5.82 Å². The molecule has 0 atom stereocenters. The molecular formula is C78H83N5O. The first-order valence-electron chi connectivity index (χ1n) is 29.9. The molecule has 0 saturated heterocycles. The summed E-state index contributed by atoms with van der Waals surface area (Å²) in [5.41, 5.74) is 17.0. The minimum atomic E-state index is -0.266. The van der Waals surface area contributed by atoms with Crippen LogP contribution in [-0.4, -0.2) is 19.2 Å². The third-order valence-corrected chi connectivity index (χ3v) is 16.9. The second-order valence-corrected chi connectivity index (χ2v) is 28.8. The van der Waals surface area contributed by atoms with E-state index in [1.165, 1.54) is 33.4 Å². The molecule has 0 radical (unpaired) electrons. The van der Waals surface area contributed by atoms with Crippen molar-refractivity contribution in [1.82, 2.24) is 19.2 Å². The van der Waals surface area contributed by atoms with Crippen molar-refractivity contribution in [2.24, 2.45) is 0 Å². The zero-order chi connectivity index (χ0) is 59.9. The van der Waals surface area contributed by atoms with Crippen LogP contribution < -0.4 is 9.42 Å². The molecular weight excluding hydrogens is 1020 g/mol. The van der Waals surface area contributed by atoms with E-state index >= 15 is 0 Å². The summed E-state index contributed by atoms with van der Waals surface area (Å²) in [5, 5.41) is 8.08. The molecule has 8 aromatic carbocycles. The molecule has 3 heterocycles. The number of pyridine rings is 1. The van der Waals surface area contributed by atoms with Crippen molar-refractivity contribution in [3.63, 3.8) is 0 Å². The Morgan fingerprint density at radius 2 is 0.940 bits per heavy atom. The molecule has 6 nitrogen and oxygen atoms in total. The maximum absolute atomic E-state index is 7.24. The van der Waals surface area contributed by atoms with E-state index in [-0.39, 0.29) is 32.5 Å². The van der Waals surface area contributed by atoms with Gasteiger partial charge in [-0.3, -0.25) is 9.13 Å². The minimum Gasteiger partial charge on any atom is -0.458 e. The lowest BCUT2D eigenvalue weighted by Gasteiger charge is -2.27. The first-order valence-corrected chi connectivity index (χ1v) is 29.9. The molecule has 11 aromatic rings. The number of para-hydroxylation sites is 1. The maximum Gasteiger partial charge on any atom is 0.273 e. The molecule has 6 heteroatoms. The average molecular weight is 1110 g/mol. The topological polar surface area (TPSA) is 48.8 Å². The predicted molar refractivity (Wildman–Crippen MR) is 351 cm³/mol. The normalized spacial score (nSPS) is 12.8. The van der Waals surface area contributed by atoms with Crippen LogP contribution in [0, 0.1) is 6.33 Å². The van der Waals surface area contributed by atoms with Gasteiger partial charge in [-0.2, -0.15) is 4.68 Å². The van der Waals surface area contributed by atoms with Gasteiger partial charge in [0.25, 0.3) is 6.33 Å². The highest BCUT2D eigenvalue weighted by Gasteiger charge is 2.30. The fourth-order valence-corrected chi connectivity index (χ4v) is 11.5. The Labute approximate surface area is 499 Å². The summed E-state index contributed by atoms with van der Waals surface area (Å²) in [6.45, 7) is 39.0. The summed E-state index contributed by atoms with van der Waals surface area (Å²) in [7, 11) is 0. The third kappa shape index (κ3) is 11.3. The Kier molecular flexibility index (Phi) is 14.4. The Morgan fingerprint density at radius 1 is 0.405 bits per heavy atom. The van der Waals surface area contributed by atoms with Crippen LogP contribution in [0.5, 0.6) is 11.5 Å². The third-order valence-electron chi connectivity index (χ3n) is 16.9. The quantitative estimate of drug-likeness (QED) is 0.101. The smallest absolute Gasteiger partial charge is 0.273 e. The summed E-state index contributed by atoms with van der Waals surface area (Å²) in [6, 6.07) is 68.5. The van der Waals surface area contributed by atoms with E-state index in [2.05, 4.69) is 321 Å². The van der Waals surface area contributed by atoms with Crippen LogP contribution in [0.2, 0.25) is 0 Å². The SMILES string of the molecule is CC(C)(C)c1cc(Oc2ccc3c4ccccc4n(-c4cc(C(C)(C)c5ccccc5)ccn4)c3c2)cc(-n2[c-][n+](-c3cc(C(C)(C)C)cc(C(C)(C)C)c3)nc2-c2c(-c3ccccc3)cccc2-c2cc(C(C)(C)C)cc(C(C)(C)C)c2)c1. The monoisotopic (exact) mass is 1110 g/mol. The van der Waals surface area contributed by atoms with Crippen LogP contribution in [0.25, 0.3) is 72.6 Å². The second-order valence-electron chi connectivity index (χ2n) is 28.8. The standard InChI is InChI=1S/C78H83N5O/c1-73(2,3)55-39-52(40-56(41-55)74(4,5)6)65-33-26-32-64(51-27-20-18-21-28-51)71(65)72-80-82(61-44-57(75(7,8)9)42-58(45-61)76(10,11)12)50-81(72)60-43-59(77(13,14)15)46-63(48-60)84-62-35-36-67-66-31-24-25-34-68(66)83(69(67)49-62)70-47-54(37-38-79-70)78(16,17)53-29-22-19-23-30-53/h18-49H,1-17H3. The average Bonchev–Trinajstić information content (AvgIpc) is 3.28. The maximum atomic E-state index is 7.24. The van der Waals surface area contributed by atoms with Crippen molar-refractivity contribution in [3.05, 3.63) is 240 Å². The Bertz CT molecular complexity index is 4190. The van der Waals surface area contributed by atoms with Crippen LogP contribution in [0.4, 0.5) is 0 Å². The van der Waals surface area contributed by atoms with Gasteiger partial charge in [0, 0.05) is 34.0 Å². The molecule has 0 saturated carbocycles. The van der Waals surface area contributed by atoms with Gasteiger partial charge >= 0.3 is 0 Å². The van der Waals surface area contributed by atoms with Crippen molar-refractivity contribution in [3.8, 4) is 62.3 Å². The van der Waals surface area contributed by atoms with Gasteiger partial charge in [-0.05, 0) is 131 Å². The van der Waals surface area contributed by atoms with Gasteiger partial charge in [0.05, 0.1) is 22.4 Å². The number of hydrogen-bond donors (Lipinski definition) is 0. The number of aromatic nitrogens is 5. The first kappa shape index (κ1) is 57.5. The van der Waals surface area contributed by atoms with Crippen LogP contribution in [0.1, 0.15) is 157 Å². The molecule has 84 heavy (non-hydrogen) atoms. The lowest BCUT2D eigenvalue weighted by molar-refractivity contribution is -0.660. The second kappa shape index (κ2) is 21.1. The van der Waals surface area contributed by atoms with Gasteiger partial charge in [-0.15, -0.1) is 5.10 Å². The molecule has 0 spiro atoms. The first-order chi connectivity index (χ1) is 39.5. The van der Waals surface area contributed by atoms with Crippen molar-refractivity contribution in [2.75, 3.05) is 0 Å². The predicted octanol–water partition coefficient (Wildman–Crippen LogP) is 20.0. The summed E-state index contributed by atoms with van der Waals surface area (Å²) < 4.78 is 13.7. The van der Waals surface area contributed by atoms with Crippen LogP contribution in [0.3, 0.4) is 0 Å². The van der Waals surface area contributed by atoms with Gasteiger partial charge in [-0.25, -0.2) is 4.98 Å². The molecule has 3 aromatic heterocycles. The molecule has 0 amide bonds. The molecule has 0 aliphatic heterocycles. The van der Waals surface area contributed by atoms with Crippen molar-refractivity contribution < 1.29 is 9.42 Å². The van der Waals surface area contributed by atoms with E-state index in [9.17, 15) is 0 Å². The molecule has 0 aliphatic rings. The number of nitrogens with zero attached hydrogens (tertiary/aromatic N) is 5. The number of rotatable bonds is 10. The van der Waals surface area contributed by atoms with Crippen LogP contribution in [0.15, 0.2) is 194 Å². The summed E-state index contributed by atoms with van der Waals surface area (Å²) in [4.78, 5) is 5.07. The summed E-state index contributed by atoms with van der Waals surface area (Å²) in [5.74, 6) is 3.03. The molecule has 11 rings (SSSR count). The Hall–Kier alpha value is -8.35. The Morgan fingerprint density at radius 3 is 1.55 bits per heavy atom. The van der Waals surface area contributed by atoms with E-state index in [0.29, 0.717) is 11.5 Å². The van der Waals surface area contributed by atoms with Crippen molar-refractivity contribution in [2.45, 2.75) is 150 Å². The fraction of sp³-hybridized carbons (Fsp3) is 0.295. The van der Waals surface area contributed by atoms with E-state index in [4.69, 9.17) is 14.8 Å². The molecule has 0 fully saturated rings. The summed E-state index contributed by atoms with van der Waals surface area (Å²) >= 11 is 0. The van der Waals surface area contributed by atoms with Crippen LogP contribution >= 0.6 is 0 Å².